The third kappa shape index (κ3) is 1.96. The summed E-state index contributed by atoms with van der Waals surface area (Å²) in [5.74, 6) is 1.24. The molecular formula is C17H15N3. The molecule has 3 rings (SSSR count). The molecule has 0 amide bonds. The molecule has 20 heavy (non-hydrogen) atoms. The zero-order valence-corrected chi connectivity index (χ0v) is 11.5. The van der Waals surface area contributed by atoms with Gasteiger partial charge in [0.15, 0.2) is 0 Å². The largest absolute Gasteiger partial charge is 0.331 e. The fourth-order valence-corrected chi connectivity index (χ4v) is 2.56. The van der Waals surface area contributed by atoms with E-state index in [0.717, 1.165) is 16.9 Å². The molecule has 1 aromatic heterocycles. The van der Waals surface area contributed by atoms with Crippen LogP contribution in [-0.2, 0) is 7.05 Å². The summed E-state index contributed by atoms with van der Waals surface area (Å²) in [7, 11) is 2.01. The lowest BCUT2D eigenvalue weighted by atomic mass is 10.0. The number of hydrogen-bond donors (Lipinski definition) is 0. The van der Waals surface area contributed by atoms with Crippen LogP contribution in [0.15, 0.2) is 48.5 Å². The number of benzene rings is 2. The average molecular weight is 261 g/mol. The SMILES string of the molecule is CC(c1ccccc1)c1nc2ccc(C#N)cc2n1C. The van der Waals surface area contributed by atoms with Crippen molar-refractivity contribution in [2.24, 2.45) is 7.05 Å². The summed E-state index contributed by atoms with van der Waals surface area (Å²) in [6.45, 7) is 2.15. The first-order valence-electron chi connectivity index (χ1n) is 6.62. The van der Waals surface area contributed by atoms with E-state index < -0.39 is 0 Å². The van der Waals surface area contributed by atoms with E-state index >= 15 is 0 Å². The molecule has 0 spiro atoms. The Labute approximate surface area is 118 Å². The van der Waals surface area contributed by atoms with Gasteiger partial charge in [-0.3, -0.25) is 0 Å². The van der Waals surface area contributed by atoms with Crippen molar-refractivity contribution in [2.75, 3.05) is 0 Å². The van der Waals surface area contributed by atoms with Crippen molar-refractivity contribution >= 4 is 11.0 Å². The Kier molecular flexibility index (Phi) is 3.00. The van der Waals surface area contributed by atoms with Crippen molar-refractivity contribution in [3.05, 3.63) is 65.5 Å². The topological polar surface area (TPSA) is 41.6 Å². The van der Waals surface area contributed by atoms with Crippen LogP contribution in [0.25, 0.3) is 11.0 Å². The zero-order chi connectivity index (χ0) is 14.1. The first-order valence-corrected chi connectivity index (χ1v) is 6.62. The van der Waals surface area contributed by atoms with Crippen molar-refractivity contribution in [3.8, 4) is 6.07 Å². The quantitative estimate of drug-likeness (QED) is 0.707. The van der Waals surface area contributed by atoms with Crippen molar-refractivity contribution < 1.29 is 0 Å². The van der Waals surface area contributed by atoms with Gasteiger partial charge in [-0.25, -0.2) is 4.98 Å². The standard InChI is InChI=1S/C17H15N3/c1-12(14-6-4-3-5-7-14)17-19-15-9-8-13(11-18)10-16(15)20(17)2/h3-10,12H,1-2H3. The maximum absolute atomic E-state index is 9.00. The van der Waals surface area contributed by atoms with Crippen LogP contribution in [0.3, 0.4) is 0 Å². The molecule has 1 unspecified atom stereocenters. The number of aryl methyl sites for hydroxylation is 1. The van der Waals surface area contributed by atoms with Crippen LogP contribution in [-0.4, -0.2) is 9.55 Å². The summed E-state index contributed by atoms with van der Waals surface area (Å²) in [4.78, 5) is 4.72. The Balaban J connectivity index is 2.13. The molecular weight excluding hydrogens is 246 g/mol. The van der Waals surface area contributed by atoms with Crippen LogP contribution in [0.5, 0.6) is 0 Å². The van der Waals surface area contributed by atoms with Gasteiger partial charge in [0.1, 0.15) is 5.82 Å². The van der Waals surface area contributed by atoms with Gasteiger partial charge in [-0.15, -0.1) is 0 Å². The van der Waals surface area contributed by atoms with E-state index in [1.165, 1.54) is 5.56 Å². The van der Waals surface area contributed by atoms with Gasteiger partial charge >= 0.3 is 0 Å². The van der Waals surface area contributed by atoms with Crippen molar-refractivity contribution in [3.63, 3.8) is 0 Å². The molecule has 1 atom stereocenters. The van der Waals surface area contributed by atoms with Crippen LogP contribution >= 0.6 is 0 Å². The summed E-state index contributed by atoms with van der Waals surface area (Å²) in [6.07, 6.45) is 0. The molecule has 3 nitrogen and oxygen atoms in total. The highest BCUT2D eigenvalue weighted by Crippen LogP contribution is 2.26. The molecule has 0 fully saturated rings. The van der Waals surface area contributed by atoms with E-state index in [1.807, 2.05) is 43.4 Å². The van der Waals surface area contributed by atoms with Crippen LogP contribution in [0.1, 0.15) is 29.8 Å². The Morgan fingerprint density at radius 2 is 1.90 bits per heavy atom. The Bertz CT molecular complexity index is 794. The lowest BCUT2D eigenvalue weighted by molar-refractivity contribution is 0.753. The number of nitrogens with zero attached hydrogens (tertiary/aromatic N) is 3. The smallest absolute Gasteiger partial charge is 0.116 e. The predicted molar refractivity (Wildman–Crippen MR) is 79.4 cm³/mol. The molecule has 0 saturated carbocycles. The van der Waals surface area contributed by atoms with Gasteiger partial charge < -0.3 is 4.57 Å². The highest BCUT2D eigenvalue weighted by atomic mass is 15.1. The molecule has 98 valence electrons. The van der Waals surface area contributed by atoms with Gasteiger partial charge in [0.2, 0.25) is 0 Å². The van der Waals surface area contributed by atoms with E-state index in [2.05, 4.69) is 29.7 Å². The summed E-state index contributed by atoms with van der Waals surface area (Å²) >= 11 is 0. The molecule has 0 saturated heterocycles. The fourth-order valence-electron chi connectivity index (χ4n) is 2.56. The molecule has 0 bridgehead atoms. The number of nitriles is 1. The van der Waals surface area contributed by atoms with E-state index in [9.17, 15) is 0 Å². The third-order valence-corrected chi connectivity index (χ3v) is 3.73. The number of aromatic nitrogens is 2. The Morgan fingerprint density at radius 3 is 2.60 bits per heavy atom. The van der Waals surface area contributed by atoms with Crippen LogP contribution in [0, 0.1) is 11.3 Å². The first kappa shape index (κ1) is 12.4. The first-order chi connectivity index (χ1) is 9.70. The van der Waals surface area contributed by atoms with Crippen LogP contribution in [0.4, 0.5) is 0 Å². The highest BCUT2D eigenvalue weighted by Gasteiger charge is 2.16. The van der Waals surface area contributed by atoms with Crippen LogP contribution in [0.2, 0.25) is 0 Å². The fraction of sp³-hybridized carbons (Fsp3) is 0.176. The normalized spacial score (nSPS) is 12.2. The monoisotopic (exact) mass is 261 g/mol. The molecule has 3 heteroatoms. The second-order valence-corrected chi connectivity index (χ2v) is 4.98. The van der Waals surface area contributed by atoms with Gasteiger partial charge in [0, 0.05) is 13.0 Å². The van der Waals surface area contributed by atoms with E-state index in [1.54, 1.807) is 0 Å². The molecule has 0 aliphatic carbocycles. The molecule has 3 aromatic rings. The van der Waals surface area contributed by atoms with Gasteiger partial charge in [-0.2, -0.15) is 5.26 Å². The molecule has 0 N–H and O–H groups in total. The summed E-state index contributed by atoms with van der Waals surface area (Å²) < 4.78 is 2.08. The second kappa shape index (κ2) is 4.82. The molecule has 0 aliphatic rings. The summed E-state index contributed by atoms with van der Waals surface area (Å²) in [5.41, 5.74) is 3.84. The third-order valence-electron chi connectivity index (χ3n) is 3.73. The summed E-state index contributed by atoms with van der Waals surface area (Å²) in [5, 5.41) is 9.00. The maximum atomic E-state index is 9.00. The van der Waals surface area contributed by atoms with Crippen molar-refractivity contribution in [2.45, 2.75) is 12.8 Å². The maximum Gasteiger partial charge on any atom is 0.116 e. The Morgan fingerprint density at radius 1 is 1.15 bits per heavy atom. The molecule has 1 heterocycles. The van der Waals surface area contributed by atoms with E-state index in [4.69, 9.17) is 10.2 Å². The lowest BCUT2D eigenvalue weighted by Gasteiger charge is -2.11. The summed E-state index contributed by atoms with van der Waals surface area (Å²) in [6, 6.07) is 18.1. The number of rotatable bonds is 2. The van der Waals surface area contributed by atoms with Gasteiger partial charge in [-0.05, 0) is 23.8 Å². The minimum atomic E-state index is 0.221. The number of hydrogen-bond acceptors (Lipinski definition) is 2. The van der Waals surface area contributed by atoms with Crippen molar-refractivity contribution in [1.29, 1.82) is 5.26 Å². The van der Waals surface area contributed by atoms with Crippen molar-refractivity contribution in [1.82, 2.24) is 9.55 Å². The minimum absolute atomic E-state index is 0.221. The van der Waals surface area contributed by atoms with Gasteiger partial charge in [0.05, 0.1) is 22.7 Å². The average Bonchev–Trinajstić information content (AvgIpc) is 2.84. The second-order valence-electron chi connectivity index (χ2n) is 4.98. The minimum Gasteiger partial charge on any atom is -0.331 e. The van der Waals surface area contributed by atoms with E-state index in [0.29, 0.717) is 5.56 Å². The predicted octanol–water partition coefficient (Wildman–Crippen LogP) is 3.60. The number of imidazole rings is 1. The van der Waals surface area contributed by atoms with E-state index in [-0.39, 0.29) is 5.92 Å². The zero-order valence-electron chi connectivity index (χ0n) is 11.5. The lowest BCUT2D eigenvalue weighted by Crippen LogP contribution is -2.04. The molecule has 2 aromatic carbocycles. The molecule has 0 aliphatic heterocycles. The van der Waals surface area contributed by atoms with Gasteiger partial charge in [0.25, 0.3) is 0 Å². The Hall–Kier alpha value is -2.60. The highest BCUT2D eigenvalue weighted by molar-refractivity contribution is 5.78. The van der Waals surface area contributed by atoms with Gasteiger partial charge in [-0.1, -0.05) is 37.3 Å². The van der Waals surface area contributed by atoms with Crippen LogP contribution < -0.4 is 0 Å². The number of fused-ring (bicyclic) bond motifs is 1. The molecule has 0 radical (unpaired) electrons.